The maximum Gasteiger partial charge on any atom is 0.346 e. The van der Waals surface area contributed by atoms with E-state index < -0.39 is 38.8 Å². The van der Waals surface area contributed by atoms with E-state index in [2.05, 4.69) is 23.1 Å². The number of H-pyrrole nitrogens is 1. The lowest BCUT2D eigenvalue weighted by molar-refractivity contribution is -0.143. The quantitative estimate of drug-likeness (QED) is 0.234. The number of rotatable bonds is 10. The van der Waals surface area contributed by atoms with E-state index in [1.54, 1.807) is 0 Å². The van der Waals surface area contributed by atoms with Crippen LogP contribution in [-0.4, -0.2) is 63.1 Å². The summed E-state index contributed by atoms with van der Waals surface area (Å²) in [6, 6.07) is -1.71. The zero-order valence-electron chi connectivity index (χ0n) is 12.9. The standard InChI is InChI=1S/C12H19N3O8P2/c1-3-10(24(18,19)20)15(11(4-2)25(21,22)23)9(12(16)17)5-8-6-13-7-14-8/h3-4,6-7,9-11H,1-2,5H2,(H,13,14)(H,16,17)(H2,18,19,20)(H2,21,22,23)/t9-,10?,11?/m0/s1. The van der Waals surface area contributed by atoms with E-state index in [1.165, 1.54) is 12.5 Å². The predicted molar refractivity (Wildman–Crippen MR) is 87.6 cm³/mol. The highest BCUT2D eigenvalue weighted by Crippen LogP contribution is 2.52. The predicted octanol–water partition coefficient (Wildman–Crippen LogP) is 0.0870. The summed E-state index contributed by atoms with van der Waals surface area (Å²) in [5.74, 6) is -5.46. The molecule has 2 unspecified atom stereocenters. The molecular formula is C12H19N3O8P2. The van der Waals surface area contributed by atoms with Crippen LogP contribution in [0.2, 0.25) is 0 Å². The van der Waals surface area contributed by atoms with Gasteiger partial charge in [0.25, 0.3) is 0 Å². The maximum atomic E-state index is 11.8. The zero-order valence-corrected chi connectivity index (χ0v) is 14.7. The normalized spacial score (nSPS) is 16.2. The van der Waals surface area contributed by atoms with Crippen LogP contribution in [0.1, 0.15) is 5.69 Å². The highest BCUT2D eigenvalue weighted by atomic mass is 31.2. The highest BCUT2D eigenvalue weighted by molar-refractivity contribution is 7.53. The summed E-state index contributed by atoms with van der Waals surface area (Å²) >= 11 is 0. The smallest absolute Gasteiger partial charge is 0.346 e. The average Bonchev–Trinajstić information content (AvgIpc) is 2.94. The van der Waals surface area contributed by atoms with Crippen LogP contribution in [0.5, 0.6) is 0 Å². The lowest BCUT2D eigenvalue weighted by atomic mass is 10.1. The van der Waals surface area contributed by atoms with Crippen molar-refractivity contribution in [3.05, 3.63) is 43.5 Å². The van der Waals surface area contributed by atoms with Crippen molar-refractivity contribution in [3.8, 4) is 0 Å². The van der Waals surface area contributed by atoms with Gasteiger partial charge in [0.1, 0.15) is 17.6 Å². The van der Waals surface area contributed by atoms with Crippen molar-refractivity contribution in [1.82, 2.24) is 14.9 Å². The van der Waals surface area contributed by atoms with Crippen LogP contribution in [0.3, 0.4) is 0 Å². The second-order valence-electron chi connectivity index (χ2n) is 5.04. The summed E-state index contributed by atoms with van der Waals surface area (Å²) in [7, 11) is -10.1. The number of aliphatic carboxylic acids is 1. The van der Waals surface area contributed by atoms with Crippen molar-refractivity contribution in [2.75, 3.05) is 0 Å². The van der Waals surface area contributed by atoms with Gasteiger partial charge in [-0.1, -0.05) is 12.2 Å². The third-order valence-electron chi connectivity index (χ3n) is 3.32. The van der Waals surface area contributed by atoms with Crippen molar-refractivity contribution in [3.63, 3.8) is 0 Å². The van der Waals surface area contributed by atoms with Crippen LogP contribution in [0.15, 0.2) is 37.8 Å². The van der Waals surface area contributed by atoms with Crippen LogP contribution in [0.25, 0.3) is 0 Å². The van der Waals surface area contributed by atoms with E-state index in [4.69, 9.17) is 0 Å². The summed E-state index contributed by atoms with van der Waals surface area (Å²) in [5, 5.41) is 9.51. The summed E-state index contributed by atoms with van der Waals surface area (Å²) in [5.41, 5.74) is 0.222. The molecule has 0 fully saturated rings. The monoisotopic (exact) mass is 395 g/mol. The van der Waals surface area contributed by atoms with Crippen molar-refractivity contribution in [2.24, 2.45) is 0 Å². The Bertz CT molecular complexity index is 676. The largest absolute Gasteiger partial charge is 0.480 e. The Morgan fingerprint density at radius 3 is 1.96 bits per heavy atom. The fourth-order valence-electron chi connectivity index (χ4n) is 2.31. The van der Waals surface area contributed by atoms with Crippen molar-refractivity contribution in [2.45, 2.75) is 24.0 Å². The fraction of sp³-hybridized carbons (Fsp3) is 0.333. The number of carboxylic acids is 1. The van der Waals surface area contributed by atoms with Gasteiger partial charge in [-0.25, -0.2) is 4.98 Å². The summed E-state index contributed by atoms with van der Waals surface area (Å²) < 4.78 is 23.5. The topological polar surface area (TPSA) is 184 Å². The van der Waals surface area contributed by atoms with Gasteiger partial charge in [-0.3, -0.25) is 18.8 Å². The minimum Gasteiger partial charge on any atom is -0.480 e. The minimum atomic E-state index is -5.03. The minimum absolute atomic E-state index is 0.222. The molecule has 1 aromatic rings. The molecule has 0 saturated heterocycles. The number of aromatic amines is 1. The summed E-state index contributed by atoms with van der Waals surface area (Å²) in [6.45, 7) is 6.50. The van der Waals surface area contributed by atoms with E-state index in [0.29, 0.717) is 4.90 Å². The van der Waals surface area contributed by atoms with Crippen LogP contribution in [0, 0.1) is 0 Å². The third-order valence-corrected chi connectivity index (χ3v) is 5.66. The van der Waals surface area contributed by atoms with E-state index in [9.17, 15) is 38.6 Å². The van der Waals surface area contributed by atoms with Gasteiger partial charge in [0, 0.05) is 12.6 Å². The average molecular weight is 395 g/mol. The molecule has 13 heteroatoms. The number of carbonyl (C=O) groups is 1. The number of carboxylic acid groups (broad SMARTS) is 1. The molecule has 11 nitrogen and oxygen atoms in total. The van der Waals surface area contributed by atoms with Crippen molar-refractivity contribution >= 4 is 21.2 Å². The van der Waals surface area contributed by atoms with E-state index in [-0.39, 0.29) is 12.1 Å². The van der Waals surface area contributed by atoms with Gasteiger partial charge >= 0.3 is 21.2 Å². The Hall–Kier alpha value is -1.58. The molecular weight excluding hydrogens is 376 g/mol. The molecule has 3 atom stereocenters. The Kier molecular flexibility index (Phi) is 7.04. The fourth-order valence-corrected chi connectivity index (χ4v) is 4.27. The van der Waals surface area contributed by atoms with Crippen LogP contribution < -0.4 is 0 Å². The lowest BCUT2D eigenvalue weighted by Crippen LogP contribution is -2.52. The van der Waals surface area contributed by atoms with Gasteiger partial charge in [0.05, 0.1) is 12.0 Å². The van der Waals surface area contributed by atoms with Crippen molar-refractivity contribution in [1.29, 1.82) is 0 Å². The molecule has 25 heavy (non-hydrogen) atoms. The number of imidazole rings is 1. The maximum absolute atomic E-state index is 11.8. The first-order chi connectivity index (χ1) is 11.4. The van der Waals surface area contributed by atoms with Gasteiger partial charge < -0.3 is 29.7 Å². The Balaban J connectivity index is 3.52. The first-order valence-electron chi connectivity index (χ1n) is 6.77. The number of hydrogen-bond acceptors (Lipinski definition) is 5. The van der Waals surface area contributed by atoms with Gasteiger partial charge in [0.15, 0.2) is 0 Å². The van der Waals surface area contributed by atoms with Crippen LogP contribution in [-0.2, 0) is 20.3 Å². The number of aromatic nitrogens is 2. The van der Waals surface area contributed by atoms with Gasteiger partial charge in [-0.2, -0.15) is 0 Å². The zero-order chi connectivity index (χ0) is 19.4. The molecule has 0 radical (unpaired) electrons. The molecule has 0 spiro atoms. The van der Waals surface area contributed by atoms with Gasteiger partial charge in [-0.05, 0) is 0 Å². The Morgan fingerprint density at radius 1 is 1.20 bits per heavy atom. The van der Waals surface area contributed by atoms with Crippen LogP contribution in [0.4, 0.5) is 0 Å². The summed E-state index contributed by atoms with van der Waals surface area (Å²) in [6.07, 6.45) is 3.74. The van der Waals surface area contributed by atoms with E-state index >= 15 is 0 Å². The SMILES string of the molecule is C=CC(N(C(C=C)P(=O)(O)O)[C@@H](Cc1c[nH]cn1)C(=O)O)P(=O)(O)O. The number of nitrogens with zero attached hydrogens (tertiary/aromatic N) is 2. The molecule has 140 valence electrons. The summed E-state index contributed by atoms with van der Waals surface area (Å²) in [4.78, 5) is 56.7. The molecule has 0 saturated carbocycles. The second kappa shape index (κ2) is 8.20. The second-order valence-corrected chi connectivity index (χ2v) is 8.46. The molecule has 6 N–H and O–H groups in total. The van der Waals surface area contributed by atoms with Crippen molar-refractivity contribution < 1.29 is 38.6 Å². The number of hydrogen-bond donors (Lipinski definition) is 6. The van der Waals surface area contributed by atoms with Crippen LogP contribution >= 0.6 is 15.2 Å². The molecule has 0 aliphatic heterocycles. The molecule has 1 aromatic heterocycles. The van der Waals surface area contributed by atoms with Gasteiger partial charge in [0.2, 0.25) is 0 Å². The molecule has 0 aliphatic rings. The Morgan fingerprint density at radius 2 is 1.68 bits per heavy atom. The molecule has 0 aliphatic carbocycles. The third kappa shape index (κ3) is 5.45. The number of nitrogens with one attached hydrogen (secondary N) is 1. The molecule has 0 aromatic carbocycles. The first kappa shape index (κ1) is 21.5. The first-order valence-corrected chi connectivity index (χ1v) is 10.1. The molecule has 1 heterocycles. The van der Waals surface area contributed by atoms with E-state index in [0.717, 1.165) is 12.2 Å². The molecule has 0 amide bonds. The Labute approximate surface area is 143 Å². The lowest BCUT2D eigenvalue weighted by Gasteiger charge is -2.38. The highest BCUT2D eigenvalue weighted by Gasteiger charge is 2.47. The van der Waals surface area contributed by atoms with Gasteiger partial charge in [-0.15, -0.1) is 13.2 Å². The van der Waals surface area contributed by atoms with E-state index in [1.807, 2.05) is 0 Å². The molecule has 0 bridgehead atoms. The molecule has 1 rings (SSSR count).